The minimum atomic E-state index is -0.209. The van der Waals surface area contributed by atoms with Gasteiger partial charge in [-0.3, -0.25) is 0 Å². The van der Waals surface area contributed by atoms with Gasteiger partial charge < -0.3 is 15.5 Å². The number of aromatic nitrogens is 2. The summed E-state index contributed by atoms with van der Waals surface area (Å²) in [6.45, 7) is 6.09. The number of anilines is 1. The van der Waals surface area contributed by atoms with Crippen LogP contribution in [-0.4, -0.2) is 16.2 Å². The van der Waals surface area contributed by atoms with E-state index in [-0.39, 0.29) is 6.04 Å². The quantitative estimate of drug-likeness (QED) is 0.755. The van der Waals surface area contributed by atoms with E-state index >= 15 is 0 Å². The van der Waals surface area contributed by atoms with E-state index in [0.717, 1.165) is 6.42 Å². The van der Waals surface area contributed by atoms with Crippen LogP contribution >= 0.6 is 0 Å². The minimum Gasteiger partial charge on any atom is -0.406 e. The van der Waals surface area contributed by atoms with Crippen molar-refractivity contribution in [3.05, 3.63) is 5.89 Å². The van der Waals surface area contributed by atoms with Crippen LogP contribution in [-0.2, 0) is 0 Å². The van der Waals surface area contributed by atoms with Crippen LogP contribution in [0.2, 0.25) is 0 Å². The lowest BCUT2D eigenvalue weighted by Crippen LogP contribution is -2.14. The third-order valence-corrected chi connectivity index (χ3v) is 2.19. The van der Waals surface area contributed by atoms with Crippen molar-refractivity contribution in [1.29, 1.82) is 0 Å². The summed E-state index contributed by atoms with van der Waals surface area (Å²) in [6.07, 6.45) is 3.50. The molecule has 1 aromatic heterocycles. The zero-order valence-corrected chi connectivity index (χ0v) is 9.66. The predicted molar refractivity (Wildman–Crippen MR) is 59.5 cm³/mol. The van der Waals surface area contributed by atoms with E-state index in [1.54, 1.807) is 0 Å². The highest BCUT2D eigenvalue weighted by Crippen LogP contribution is 2.13. The van der Waals surface area contributed by atoms with E-state index in [2.05, 4.69) is 29.4 Å². The molecule has 0 saturated carbocycles. The highest BCUT2D eigenvalue weighted by atomic mass is 16.4. The standard InChI is InChI=1S/C10H20N4O/c1-4-5-6-7(2)12-10-14-13-9(15-10)8(3)11/h7-8H,4-6,11H2,1-3H3,(H,12,14). The number of nitrogens with one attached hydrogen (secondary N) is 1. The zero-order chi connectivity index (χ0) is 11.3. The van der Waals surface area contributed by atoms with Gasteiger partial charge in [-0.05, 0) is 20.3 Å². The van der Waals surface area contributed by atoms with Crippen molar-refractivity contribution in [3.8, 4) is 0 Å². The van der Waals surface area contributed by atoms with E-state index in [1.807, 2.05) is 6.92 Å². The molecular weight excluding hydrogens is 192 g/mol. The lowest BCUT2D eigenvalue weighted by molar-refractivity contribution is 0.467. The van der Waals surface area contributed by atoms with Gasteiger partial charge in [0.25, 0.3) is 0 Å². The number of nitrogens with zero attached hydrogens (tertiary/aromatic N) is 2. The Kier molecular flexibility index (Phi) is 4.55. The van der Waals surface area contributed by atoms with Crippen molar-refractivity contribution in [2.45, 2.75) is 52.1 Å². The summed E-state index contributed by atoms with van der Waals surface area (Å²) in [7, 11) is 0. The molecule has 5 heteroatoms. The maximum absolute atomic E-state index is 5.61. The molecule has 1 heterocycles. The molecule has 1 aromatic rings. The van der Waals surface area contributed by atoms with Crippen molar-refractivity contribution >= 4 is 6.01 Å². The topological polar surface area (TPSA) is 77.0 Å². The number of unbranched alkanes of at least 4 members (excludes halogenated alkanes) is 1. The Labute approximate surface area is 90.4 Å². The van der Waals surface area contributed by atoms with Crippen LogP contribution < -0.4 is 11.1 Å². The number of rotatable bonds is 6. The third-order valence-electron chi connectivity index (χ3n) is 2.19. The molecule has 2 atom stereocenters. The van der Waals surface area contributed by atoms with Gasteiger partial charge in [-0.25, -0.2) is 0 Å². The molecule has 15 heavy (non-hydrogen) atoms. The third kappa shape index (κ3) is 3.87. The minimum absolute atomic E-state index is 0.209. The Morgan fingerprint density at radius 3 is 2.67 bits per heavy atom. The average molecular weight is 212 g/mol. The lowest BCUT2D eigenvalue weighted by atomic mass is 10.1. The Morgan fingerprint density at radius 2 is 2.13 bits per heavy atom. The molecule has 3 N–H and O–H groups in total. The van der Waals surface area contributed by atoms with Crippen molar-refractivity contribution in [2.75, 3.05) is 5.32 Å². The molecule has 0 aliphatic heterocycles. The molecular formula is C10H20N4O. The smallest absolute Gasteiger partial charge is 0.315 e. The molecule has 5 nitrogen and oxygen atoms in total. The van der Waals surface area contributed by atoms with Crippen LogP contribution in [0.1, 0.15) is 52.0 Å². The maximum Gasteiger partial charge on any atom is 0.315 e. The van der Waals surface area contributed by atoms with Gasteiger partial charge in [0, 0.05) is 6.04 Å². The van der Waals surface area contributed by atoms with Crippen molar-refractivity contribution in [2.24, 2.45) is 5.73 Å². The van der Waals surface area contributed by atoms with Crippen LogP contribution in [0.5, 0.6) is 0 Å². The van der Waals surface area contributed by atoms with Crippen molar-refractivity contribution in [1.82, 2.24) is 10.2 Å². The first-order valence-corrected chi connectivity index (χ1v) is 5.49. The van der Waals surface area contributed by atoms with Gasteiger partial charge >= 0.3 is 6.01 Å². The average Bonchev–Trinajstić information content (AvgIpc) is 2.63. The Morgan fingerprint density at radius 1 is 1.40 bits per heavy atom. The fraction of sp³-hybridized carbons (Fsp3) is 0.800. The number of hydrogen-bond donors (Lipinski definition) is 2. The van der Waals surface area contributed by atoms with Crippen LogP contribution in [0.15, 0.2) is 4.42 Å². The van der Waals surface area contributed by atoms with Gasteiger partial charge in [-0.15, -0.1) is 5.10 Å². The van der Waals surface area contributed by atoms with Crippen molar-refractivity contribution in [3.63, 3.8) is 0 Å². The predicted octanol–water partition coefficient (Wildman–Crippen LogP) is 2.08. The van der Waals surface area contributed by atoms with Crippen LogP contribution in [0.4, 0.5) is 6.01 Å². The fourth-order valence-corrected chi connectivity index (χ4v) is 1.27. The van der Waals surface area contributed by atoms with Crippen LogP contribution in [0.25, 0.3) is 0 Å². The van der Waals surface area contributed by atoms with E-state index in [0.29, 0.717) is 17.9 Å². The molecule has 2 unspecified atom stereocenters. The SMILES string of the molecule is CCCCC(C)Nc1nnc(C(C)N)o1. The highest BCUT2D eigenvalue weighted by Gasteiger charge is 2.11. The first-order chi connectivity index (χ1) is 7.13. The molecule has 0 aliphatic carbocycles. The van der Waals surface area contributed by atoms with Gasteiger partial charge in [0.1, 0.15) is 0 Å². The van der Waals surface area contributed by atoms with Gasteiger partial charge in [0.2, 0.25) is 5.89 Å². The summed E-state index contributed by atoms with van der Waals surface area (Å²) in [5.74, 6) is 0.472. The molecule has 0 aliphatic rings. The second-order valence-electron chi connectivity index (χ2n) is 3.92. The Balaban J connectivity index is 2.42. The van der Waals surface area contributed by atoms with Crippen LogP contribution in [0.3, 0.4) is 0 Å². The van der Waals surface area contributed by atoms with E-state index in [1.165, 1.54) is 12.8 Å². The summed E-state index contributed by atoms with van der Waals surface area (Å²) in [5.41, 5.74) is 5.61. The van der Waals surface area contributed by atoms with E-state index in [9.17, 15) is 0 Å². The summed E-state index contributed by atoms with van der Waals surface area (Å²) in [6, 6.07) is 0.608. The normalized spacial score (nSPS) is 14.9. The van der Waals surface area contributed by atoms with Gasteiger partial charge in [0.05, 0.1) is 6.04 Å². The van der Waals surface area contributed by atoms with E-state index in [4.69, 9.17) is 10.2 Å². The second kappa shape index (κ2) is 5.70. The first-order valence-electron chi connectivity index (χ1n) is 5.49. The second-order valence-corrected chi connectivity index (χ2v) is 3.92. The molecule has 0 spiro atoms. The highest BCUT2D eigenvalue weighted by molar-refractivity contribution is 5.19. The molecule has 0 amide bonds. The molecule has 86 valence electrons. The van der Waals surface area contributed by atoms with Crippen molar-refractivity contribution < 1.29 is 4.42 Å². The molecule has 1 rings (SSSR count). The summed E-state index contributed by atoms with van der Waals surface area (Å²) >= 11 is 0. The molecule has 0 bridgehead atoms. The first kappa shape index (κ1) is 12.0. The maximum atomic E-state index is 5.61. The molecule has 0 aromatic carbocycles. The number of nitrogens with two attached hydrogens (primary N) is 1. The summed E-state index contributed by atoms with van der Waals surface area (Å²) in [5, 5.41) is 10.9. The Bertz CT molecular complexity index is 285. The van der Waals surface area contributed by atoms with Gasteiger partial charge in [-0.1, -0.05) is 24.9 Å². The largest absolute Gasteiger partial charge is 0.406 e. The summed E-state index contributed by atoms with van der Waals surface area (Å²) < 4.78 is 5.34. The molecule has 0 fully saturated rings. The monoisotopic (exact) mass is 212 g/mol. The zero-order valence-electron chi connectivity index (χ0n) is 9.66. The Hall–Kier alpha value is -1.10. The summed E-state index contributed by atoms with van der Waals surface area (Å²) in [4.78, 5) is 0. The number of hydrogen-bond acceptors (Lipinski definition) is 5. The fourth-order valence-electron chi connectivity index (χ4n) is 1.27. The van der Waals surface area contributed by atoms with Crippen LogP contribution in [0, 0.1) is 0 Å². The molecule has 0 radical (unpaired) electrons. The van der Waals surface area contributed by atoms with Gasteiger partial charge in [0.15, 0.2) is 0 Å². The van der Waals surface area contributed by atoms with Gasteiger partial charge in [-0.2, -0.15) is 0 Å². The lowest BCUT2D eigenvalue weighted by Gasteiger charge is -2.10. The molecule has 0 saturated heterocycles. The van der Waals surface area contributed by atoms with E-state index < -0.39 is 0 Å².